The average Bonchev–Trinajstić information content (AvgIpc) is 3.45. The summed E-state index contributed by atoms with van der Waals surface area (Å²) in [5.41, 5.74) is 7.97. The van der Waals surface area contributed by atoms with Gasteiger partial charge in [0, 0.05) is 31.2 Å². The van der Waals surface area contributed by atoms with E-state index in [1.54, 1.807) is 42.5 Å². The summed E-state index contributed by atoms with van der Waals surface area (Å²) >= 11 is 0. The summed E-state index contributed by atoms with van der Waals surface area (Å²) in [6.07, 6.45) is 1.71. The molecule has 0 spiro atoms. The standard InChI is InChI=1S/C28H34N6O7/c1-16(35)24(28(40)41)34-27(39)23(11-17-5-3-2-4-6-17)33-26(38)22(12-18-7-9-20(36)10-8-18)32-25(37)21(29)13-19-14-30-15-31-19/h2-10,14-16,21-24,35-36H,11-13,29H2,1H3,(H,30,31)(H,32,37)(H,33,38)(H,34,39)(H,40,41). The highest BCUT2D eigenvalue weighted by Crippen LogP contribution is 2.13. The molecule has 0 aliphatic rings. The van der Waals surface area contributed by atoms with Crippen LogP contribution in [0.2, 0.25) is 0 Å². The first-order valence-corrected chi connectivity index (χ1v) is 12.9. The van der Waals surface area contributed by atoms with Gasteiger partial charge in [0.1, 0.15) is 17.8 Å². The number of nitrogens with zero attached hydrogens (tertiary/aromatic N) is 1. The lowest BCUT2D eigenvalue weighted by Gasteiger charge is -2.26. The molecular formula is C28H34N6O7. The van der Waals surface area contributed by atoms with E-state index in [1.807, 2.05) is 0 Å². The van der Waals surface area contributed by atoms with Gasteiger partial charge in [0.2, 0.25) is 17.7 Å². The van der Waals surface area contributed by atoms with E-state index in [0.717, 1.165) is 0 Å². The van der Waals surface area contributed by atoms with Gasteiger partial charge < -0.3 is 42.0 Å². The van der Waals surface area contributed by atoms with E-state index in [-0.39, 0.29) is 25.0 Å². The van der Waals surface area contributed by atoms with Crippen LogP contribution in [0.5, 0.6) is 5.75 Å². The number of aromatic nitrogens is 2. The molecule has 2 aromatic carbocycles. The van der Waals surface area contributed by atoms with Crippen molar-refractivity contribution >= 4 is 23.7 Å². The van der Waals surface area contributed by atoms with Gasteiger partial charge in [0.25, 0.3) is 0 Å². The predicted octanol–water partition coefficient (Wildman–Crippen LogP) is -0.610. The molecule has 0 saturated carbocycles. The van der Waals surface area contributed by atoms with Gasteiger partial charge in [0.15, 0.2) is 6.04 Å². The van der Waals surface area contributed by atoms with Gasteiger partial charge in [-0.1, -0.05) is 42.5 Å². The minimum absolute atomic E-state index is 0.000266. The van der Waals surface area contributed by atoms with Crippen molar-refractivity contribution in [3.63, 3.8) is 0 Å². The van der Waals surface area contributed by atoms with Gasteiger partial charge in [-0.2, -0.15) is 0 Å². The van der Waals surface area contributed by atoms with Crippen LogP contribution in [0.4, 0.5) is 0 Å². The highest BCUT2D eigenvalue weighted by molar-refractivity contribution is 5.94. The van der Waals surface area contributed by atoms with Crippen LogP contribution >= 0.6 is 0 Å². The quantitative estimate of drug-likeness (QED) is 0.125. The molecule has 5 atom stereocenters. The number of carboxylic acids is 1. The molecule has 13 nitrogen and oxygen atoms in total. The Morgan fingerprint density at radius 1 is 0.854 bits per heavy atom. The lowest BCUT2D eigenvalue weighted by atomic mass is 10.0. The van der Waals surface area contributed by atoms with Crippen LogP contribution in [0.3, 0.4) is 0 Å². The molecule has 3 rings (SSSR count). The molecule has 1 heterocycles. The summed E-state index contributed by atoms with van der Waals surface area (Å²) in [6.45, 7) is 1.22. The molecule has 0 bridgehead atoms. The van der Waals surface area contributed by atoms with Gasteiger partial charge >= 0.3 is 5.97 Å². The fraction of sp³-hybridized carbons (Fsp3) is 0.321. The number of phenols is 1. The van der Waals surface area contributed by atoms with Gasteiger partial charge in [-0.3, -0.25) is 14.4 Å². The Balaban J connectivity index is 1.83. The molecule has 218 valence electrons. The number of aromatic hydroxyl groups is 1. The average molecular weight is 567 g/mol. The monoisotopic (exact) mass is 566 g/mol. The fourth-order valence-electron chi connectivity index (χ4n) is 4.06. The zero-order chi connectivity index (χ0) is 29.9. The summed E-state index contributed by atoms with van der Waals surface area (Å²) in [7, 11) is 0. The van der Waals surface area contributed by atoms with Crippen LogP contribution in [0.25, 0.3) is 0 Å². The van der Waals surface area contributed by atoms with Crippen LogP contribution < -0.4 is 21.7 Å². The summed E-state index contributed by atoms with van der Waals surface area (Å²) in [5.74, 6) is -3.60. The zero-order valence-corrected chi connectivity index (χ0v) is 22.4. The minimum atomic E-state index is -1.61. The number of aliphatic hydroxyl groups excluding tert-OH is 1. The van der Waals surface area contributed by atoms with Crippen molar-refractivity contribution in [3.8, 4) is 5.75 Å². The molecule has 5 unspecified atom stereocenters. The lowest BCUT2D eigenvalue weighted by molar-refractivity contribution is -0.145. The van der Waals surface area contributed by atoms with Crippen LogP contribution in [-0.2, 0) is 38.4 Å². The molecule has 41 heavy (non-hydrogen) atoms. The molecule has 0 aliphatic heterocycles. The van der Waals surface area contributed by atoms with Crippen LogP contribution in [0.1, 0.15) is 23.7 Å². The molecule has 0 aliphatic carbocycles. The first-order valence-electron chi connectivity index (χ1n) is 12.9. The third kappa shape index (κ3) is 9.44. The molecule has 1 aromatic heterocycles. The van der Waals surface area contributed by atoms with Crippen LogP contribution in [0.15, 0.2) is 67.1 Å². The smallest absolute Gasteiger partial charge is 0.328 e. The number of H-pyrrole nitrogens is 1. The predicted molar refractivity (Wildman–Crippen MR) is 147 cm³/mol. The number of amides is 3. The van der Waals surface area contributed by atoms with Crippen molar-refractivity contribution < 1.29 is 34.5 Å². The molecule has 0 radical (unpaired) electrons. The number of nitrogens with one attached hydrogen (secondary N) is 4. The number of hydrogen-bond donors (Lipinski definition) is 8. The van der Waals surface area contributed by atoms with E-state index in [1.165, 1.54) is 31.6 Å². The minimum Gasteiger partial charge on any atom is -0.508 e. The number of rotatable bonds is 14. The van der Waals surface area contributed by atoms with E-state index in [0.29, 0.717) is 16.8 Å². The van der Waals surface area contributed by atoms with Crippen molar-refractivity contribution in [2.75, 3.05) is 0 Å². The second kappa shape index (κ2) is 14.6. The third-order valence-corrected chi connectivity index (χ3v) is 6.30. The lowest BCUT2D eigenvalue weighted by Crippen LogP contribution is -2.59. The van der Waals surface area contributed by atoms with Crippen LogP contribution in [0, 0.1) is 0 Å². The first-order chi connectivity index (χ1) is 19.5. The Morgan fingerprint density at radius 2 is 1.41 bits per heavy atom. The van der Waals surface area contributed by atoms with Gasteiger partial charge in [-0.15, -0.1) is 0 Å². The summed E-state index contributed by atoms with van der Waals surface area (Å²) < 4.78 is 0. The number of carboxylic acid groups (broad SMARTS) is 1. The number of carbonyl (C=O) groups is 4. The topological polar surface area (TPSA) is 220 Å². The van der Waals surface area contributed by atoms with E-state index in [2.05, 4.69) is 25.9 Å². The van der Waals surface area contributed by atoms with Crippen molar-refractivity contribution in [2.45, 2.75) is 56.5 Å². The Hall–Kier alpha value is -4.75. The molecule has 3 amide bonds. The number of hydrogen-bond acceptors (Lipinski definition) is 8. The Labute approximate surface area is 236 Å². The van der Waals surface area contributed by atoms with Crippen molar-refractivity contribution in [2.24, 2.45) is 5.73 Å². The molecule has 3 aromatic rings. The number of phenolic OH excluding ortho intramolecular Hbond substituents is 1. The van der Waals surface area contributed by atoms with Crippen molar-refractivity contribution in [1.29, 1.82) is 0 Å². The number of benzene rings is 2. The van der Waals surface area contributed by atoms with Gasteiger partial charge in [0.05, 0.1) is 18.5 Å². The Kier molecular flexibility index (Phi) is 11.0. The summed E-state index contributed by atoms with van der Waals surface area (Å²) in [4.78, 5) is 58.0. The fourth-order valence-corrected chi connectivity index (χ4v) is 4.06. The number of nitrogens with two attached hydrogens (primary N) is 1. The molecular weight excluding hydrogens is 532 g/mol. The number of aliphatic carboxylic acids is 1. The van der Waals surface area contributed by atoms with Crippen molar-refractivity contribution in [1.82, 2.24) is 25.9 Å². The normalized spacial score (nSPS) is 14.6. The molecule has 0 saturated heterocycles. The number of aliphatic hydroxyl groups is 1. The van der Waals surface area contributed by atoms with Gasteiger partial charge in [-0.25, -0.2) is 9.78 Å². The maximum atomic E-state index is 13.6. The van der Waals surface area contributed by atoms with Crippen LogP contribution in [-0.4, -0.2) is 79.2 Å². The maximum absolute atomic E-state index is 13.6. The molecule has 9 N–H and O–H groups in total. The summed E-state index contributed by atoms with van der Waals surface area (Å²) in [6, 6.07) is 9.73. The highest BCUT2D eigenvalue weighted by atomic mass is 16.4. The largest absolute Gasteiger partial charge is 0.508 e. The Bertz CT molecular complexity index is 1300. The number of imidazole rings is 1. The van der Waals surface area contributed by atoms with E-state index in [4.69, 9.17) is 5.73 Å². The molecule has 13 heteroatoms. The first kappa shape index (κ1) is 30.8. The second-order valence-corrected chi connectivity index (χ2v) is 9.64. The van der Waals surface area contributed by atoms with Crippen molar-refractivity contribution in [3.05, 3.63) is 83.9 Å². The SMILES string of the molecule is CC(O)C(NC(=O)C(Cc1ccccc1)NC(=O)C(Cc1ccc(O)cc1)NC(=O)C(N)Cc1cnc[nH]1)C(=O)O. The summed E-state index contributed by atoms with van der Waals surface area (Å²) in [5, 5.41) is 36.4. The maximum Gasteiger partial charge on any atom is 0.328 e. The van der Waals surface area contributed by atoms with Gasteiger partial charge in [-0.05, 0) is 30.2 Å². The highest BCUT2D eigenvalue weighted by Gasteiger charge is 2.32. The molecule has 0 fully saturated rings. The number of carbonyl (C=O) groups excluding carboxylic acids is 3. The zero-order valence-electron chi connectivity index (χ0n) is 22.4. The second-order valence-electron chi connectivity index (χ2n) is 9.64. The van der Waals surface area contributed by atoms with E-state index >= 15 is 0 Å². The number of aromatic amines is 1. The van der Waals surface area contributed by atoms with E-state index < -0.39 is 54.0 Å². The Morgan fingerprint density at radius 3 is 1.95 bits per heavy atom. The third-order valence-electron chi connectivity index (χ3n) is 6.30. The van der Waals surface area contributed by atoms with E-state index in [9.17, 15) is 34.5 Å².